The lowest BCUT2D eigenvalue weighted by Crippen LogP contribution is -2.41. The molecule has 0 radical (unpaired) electrons. The zero-order chi connectivity index (χ0) is 13.1. The van der Waals surface area contributed by atoms with Gasteiger partial charge in [-0.2, -0.15) is 0 Å². The third-order valence-electron chi connectivity index (χ3n) is 3.32. The summed E-state index contributed by atoms with van der Waals surface area (Å²) in [6.45, 7) is 1.16. The van der Waals surface area contributed by atoms with Crippen molar-refractivity contribution in [2.75, 3.05) is 13.1 Å². The van der Waals surface area contributed by atoms with Gasteiger partial charge in [-0.25, -0.2) is 0 Å². The summed E-state index contributed by atoms with van der Waals surface area (Å²) in [6, 6.07) is 7.24. The van der Waals surface area contributed by atoms with E-state index in [9.17, 15) is 9.59 Å². The lowest BCUT2D eigenvalue weighted by atomic mass is 9.96. The number of nitrogens with two attached hydrogens (primary N) is 1. The molecule has 1 fully saturated rings. The van der Waals surface area contributed by atoms with E-state index in [-0.39, 0.29) is 17.7 Å². The maximum absolute atomic E-state index is 12.3. The number of hydrogen-bond acceptors (Lipinski definition) is 3. The molecule has 18 heavy (non-hydrogen) atoms. The molecule has 0 spiro atoms. The van der Waals surface area contributed by atoms with Crippen molar-refractivity contribution in [1.29, 1.82) is 0 Å². The van der Waals surface area contributed by atoms with E-state index < -0.39 is 0 Å². The van der Waals surface area contributed by atoms with Crippen LogP contribution in [0.3, 0.4) is 0 Å². The molecule has 0 aromatic heterocycles. The molecule has 2 amide bonds. The maximum Gasteiger partial charge on any atom is 0.254 e. The molecule has 1 aliphatic heterocycles. The van der Waals surface area contributed by atoms with Crippen molar-refractivity contribution < 1.29 is 9.59 Å². The number of benzene rings is 1. The fraction of sp³-hybridized carbons (Fsp3) is 0.385. The Balaban J connectivity index is 2.04. The van der Waals surface area contributed by atoms with E-state index >= 15 is 0 Å². The van der Waals surface area contributed by atoms with E-state index in [1.807, 2.05) is 12.1 Å². The number of amides is 2. The molecule has 0 bridgehead atoms. The molecular weight excluding hydrogens is 248 g/mol. The molecule has 0 unspecified atom stereocenters. The van der Waals surface area contributed by atoms with Crippen molar-refractivity contribution >= 4 is 24.4 Å². The summed E-state index contributed by atoms with van der Waals surface area (Å²) in [5.74, 6) is -0.388. The molecule has 1 aromatic carbocycles. The number of carbonyl (C=O) groups excluding carboxylic acids is 2. The van der Waals surface area contributed by atoms with Gasteiger partial charge in [0.1, 0.15) is 0 Å². The van der Waals surface area contributed by atoms with Gasteiger partial charge in [-0.3, -0.25) is 9.59 Å². The first-order valence-electron chi connectivity index (χ1n) is 5.96. The monoisotopic (exact) mass is 264 g/mol. The molecule has 1 heterocycles. The predicted molar refractivity (Wildman–Crippen MR) is 71.5 cm³/mol. The van der Waals surface area contributed by atoms with Gasteiger partial charge in [0.2, 0.25) is 5.91 Å². The molecule has 1 aromatic rings. The Kier molecular flexibility index (Phi) is 3.91. The van der Waals surface area contributed by atoms with Crippen molar-refractivity contribution in [2.24, 2.45) is 11.7 Å². The first-order chi connectivity index (χ1) is 8.59. The van der Waals surface area contributed by atoms with Crippen LogP contribution in [0.5, 0.6) is 0 Å². The summed E-state index contributed by atoms with van der Waals surface area (Å²) in [7, 11) is 0. The van der Waals surface area contributed by atoms with Crippen LogP contribution in [0.4, 0.5) is 0 Å². The van der Waals surface area contributed by atoms with Crippen molar-refractivity contribution in [1.82, 2.24) is 4.90 Å². The highest BCUT2D eigenvalue weighted by molar-refractivity contribution is 7.80. The highest BCUT2D eigenvalue weighted by Crippen LogP contribution is 2.21. The fourth-order valence-electron chi connectivity index (χ4n) is 2.19. The highest BCUT2D eigenvalue weighted by atomic mass is 32.1. The van der Waals surface area contributed by atoms with Crippen molar-refractivity contribution in [3.05, 3.63) is 29.8 Å². The van der Waals surface area contributed by atoms with Crippen LogP contribution in [0.15, 0.2) is 29.2 Å². The number of carbonyl (C=O) groups is 2. The maximum atomic E-state index is 12.3. The van der Waals surface area contributed by atoms with Gasteiger partial charge in [0.05, 0.1) is 5.56 Å². The zero-order valence-electron chi connectivity index (χ0n) is 10.0. The topological polar surface area (TPSA) is 63.4 Å². The second-order valence-electron chi connectivity index (χ2n) is 4.49. The Morgan fingerprint density at radius 1 is 1.22 bits per heavy atom. The van der Waals surface area contributed by atoms with Gasteiger partial charge in [0.25, 0.3) is 5.91 Å². The SMILES string of the molecule is NC(=O)C1CCN(C(=O)c2ccccc2S)CC1. The molecule has 1 saturated heterocycles. The van der Waals surface area contributed by atoms with Gasteiger partial charge < -0.3 is 10.6 Å². The quantitative estimate of drug-likeness (QED) is 0.791. The van der Waals surface area contributed by atoms with Gasteiger partial charge in [-0.15, -0.1) is 12.6 Å². The molecule has 4 nitrogen and oxygen atoms in total. The third-order valence-corrected chi connectivity index (χ3v) is 3.71. The van der Waals surface area contributed by atoms with Gasteiger partial charge in [0.15, 0.2) is 0 Å². The minimum atomic E-state index is -0.267. The molecule has 96 valence electrons. The van der Waals surface area contributed by atoms with Crippen LogP contribution in [-0.4, -0.2) is 29.8 Å². The van der Waals surface area contributed by atoms with Crippen LogP contribution in [0, 0.1) is 5.92 Å². The largest absolute Gasteiger partial charge is 0.369 e. The van der Waals surface area contributed by atoms with Crippen LogP contribution in [0.25, 0.3) is 0 Å². The van der Waals surface area contributed by atoms with E-state index in [2.05, 4.69) is 12.6 Å². The minimum absolute atomic E-state index is 0.0245. The Hall–Kier alpha value is -1.49. The van der Waals surface area contributed by atoms with Crippen LogP contribution in [0.2, 0.25) is 0 Å². The summed E-state index contributed by atoms with van der Waals surface area (Å²) < 4.78 is 0. The lowest BCUT2D eigenvalue weighted by molar-refractivity contribution is -0.123. The van der Waals surface area contributed by atoms with Crippen LogP contribution in [0.1, 0.15) is 23.2 Å². The molecule has 1 aliphatic rings. The lowest BCUT2D eigenvalue weighted by Gasteiger charge is -2.30. The Morgan fingerprint density at radius 2 is 1.83 bits per heavy atom. The van der Waals surface area contributed by atoms with E-state index in [1.165, 1.54) is 0 Å². The van der Waals surface area contributed by atoms with Gasteiger partial charge in [-0.05, 0) is 25.0 Å². The summed E-state index contributed by atoms with van der Waals surface area (Å²) in [6.07, 6.45) is 1.30. The normalized spacial score (nSPS) is 16.6. The fourth-order valence-corrected chi connectivity index (χ4v) is 2.45. The summed E-state index contributed by atoms with van der Waals surface area (Å²) in [5.41, 5.74) is 5.88. The number of likely N-dealkylation sites (tertiary alicyclic amines) is 1. The highest BCUT2D eigenvalue weighted by Gasteiger charge is 2.26. The van der Waals surface area contributed by atoms with E-state index in [1.54, 1.807) is 17.0 Å². The van der Waals surface area contributed by atoms with E-state index in [0.717, 1.165) is 0 Å². The average molecular weight is 264 g/mol. The number of primary amides is 1. The molecule has 2 N–H and O–H groups in total. The predicted octanol–water partition coefficient (Wildman–Crippen LogP) is 1.31. The molecule has 0 saturated carbocycles. The number of thiol groups is 1. The number of rotatable bonds is 2. The average Bonchev–Trinajstić information content (AvgIpc) is 2.38. The van der Waals surface area contributed by atoms with Crippen LogP contribution < -0.4 is 5.73 Å². The molecule has 0 aliphatic carbocycles. The number of nitrogens with zero attached hydrogens (tertiary/aromatic N) is 1. The second kappa shape index (κ2) is 5.44. The first kappa shape index (κ1) is 13.0. The Morgan fingerprint density at radius 3 is 2.39 bits per heavy atom. The van der Waals surface area contributed by atoms with E-state index in [0.29, 0.717) is 36.4 Å². The molecule has 0 atom stereocenters. The van der Waals surface area contributed by atoms with Crippen molar-refractivity contribution in [2.45, 2.75) is 17.7 Å². The second-order valence-corrected chi connectivity index (χ2v) is 4.97. The number of hydrogen-bond donors (Lipinski definition) is 2. The molecular formula is C13H16N2O2S. The zero-order valence-corrected chi connectivity index (χ0v) is 10.9. The van der Waals surface area contributed by atoms with Crippen molar-refractivity contribution in [3.8, 4) is 0 Å². The standard InChI is InChI=1S/C13H16N2O2S/c14-12(16)9-5-7-15(8-6-9)13(17)10-3-1-2-4-11(10)18/h1-4,9,18H,5-8H2,(H2,14,16). The summed E-state index contributed by atoms with van der Waals surface area (Å²) in [5, 5.41) is 0. The van der Waals surface area contributed by atoms with E-state index in [4.69, 9.17) is 5.73 Å². The summed E-state index contributed by atoms with van der Waals surface area (Å²) >= 11 is 4.29. The molecule has 5 heteroatoms. The van der Waals surface area contributed by atoms with Gasteiger partial charge in [-0.1, -0.05) is 12.1 Å². The third kappa shape index (κ3) is 2.67. The van der Waals surface area contributed by atoms with Gasteiger partial charge in [0, 0.05) is 23.9 Å². The van der Waals surface area contributed by atoms with Crippen LogP contribution in [-0.2, 0) is 4.79 Å². The summed E-state index contributed by atoms with van der Waals surface area (Å²) in [4.78, 5) is 25.8. The van der Waals surface area contributed by atoms with Gasteiger partial charge >= 0.3 is 0 Å². The Bertz CT molecular complexity index is 468. The smallest absolute Gasteiger partial charge is 0.254 e. The minimum Gasteiger partial charge on any atom is -0.369 e. The Labute approximate surface area is 112 Å². The molecule has 2 rings (SSSR count). The first-order valence-corrected chi connectivity index (χ1v) is 6.41. The van der Waals surface area contributed by atoms with Crippen LogP contribution >= 0.6 is 12.6 Å². The number of piperidine rings is 1. The van der Waals surface area contributed by atoms with Crippen molar-refractivity contribution in [3.63, 3.8) is 0 Å².